The summed E-state index contributed by atoms with van der Waals surface area (Å²) in [6.07, 6.45) is 4.23. The summed E-state index contributed by atoms with van der Waals surface area (Å²) < 4.78 is 1.29. The lowest BCUT2D eigenvalue weighted by atomic mass is 9.91. The molecule has 0 nitrogen and oxygen atoms in total. The monoisotopic (exact) mass is 578 g/mol. The lowest BCUT2D eigenvalue weighted by molar-refractivity contribution is 1.55. The van der Waals surface area contributed by atoms with E-state index in [4.69, 9.17) is 0 Å². The van der Waals surface area contributed by atoms with Crippen LogP contribution in [0.3, 0.4) is 0 Å². The highest BCUT2D eigenvalue weighted by atomic mass is 32.1. The molecule has 7 aromatic carbocycles. The Morgan fingerprint density at radius 2 is 1.02 bits per heavy atom. The van der Waals surface area contributed by atoms with E-state index in [9.17, 15) is 0 Å². The minimum absolute atomic E-state index is 1.21. The van der Waals surface area contributed by atoms with Gasteiger partial charge in [-0.3, -0.25) is 0 Å². The second kappa shape index (κ2) is 10.8. The van der Waals surface area contributed by atoms with Crippen LogP contribution in [0.4, 0.5) is 0 Å². The predicted molar refractivity (Wildman–Crippen MR) is 195 cm³/mol. The van der Waals surface area contributed by atoms with Crippen molar-refractivity contribution in [3.8, 4) is 22.3 Å². The van der Waals surface area contributed by atoms with Crippen LogP contribution in [0.1, 0.15) is 22.9 Å². The fourth-order valence-corrected chi connectivity index (χ4v) is 8.03. The van der Waals surface area contributed by atoms with Crippen molar-refractivity contribution in [2.75, 3.05) is 0 Å². The number of fused-ring (bicyclic) bond motifs is 7. The first kappa shape index (κ1) is 26.4. The lowest BCUT2D eigenvalue weighted by Crippen LogP contribution is -1.89. The van der Waals surface area contributed by atoms with E-state index in [1.807, 2.05) is 17.4 Å². The van der Waals surface area contributed by atoms with Crippen molar-refractivity contribution in [2.45, 2.75) is 6.92 Å². The van der Waals surface area contributed by atoms with Gasteiger partial charge in [0.25, 0.3) is 0 Å². The van der Waals surface area contributed by atoms with Crippen molar-refractivity contribution < 1.29 is 0 Å². The first-order valence-corrected chi connectivity index (χ1v) is 15.9. The van der Waals surface area contributed by atoms with Gasteiger partial charge in [0.2, 0.25) is 0 Å². The molecule has 8 aromatic rings. The molecule has 0 unspecified atom stereocenters. The van der Waals surface area contributed by atoms with Gasteiger partial charge in [-0.15, -0.1) is 11.3 Å². The van der Waals surface area contributed by atoms with Gasteiger partial charge in [-0.25, -0.2) is 0 Å². The molecule has 0 saturated heterocycles. The molecular formula is C43H30S. The molecule has 0 spiro atoms. The molecule has 44 heavy (non-hydrogen) atoms. The molecule has 8 rings (SSSR count). The highest BCUT2D eigenvalue weighted by Crippen LogP contribution is 2.41. The van der Waals surface area contributed by atoms with Gasteiger partial charge in [0, 0.05) is 20.5 Å². The molecule has 1 aromatic heterocycles. The molecule has 0 fully saturated rings. The summed E-state index contributed by atoms with van der Waals surface area (Å²) in [7, 11) is 0. The fourth-order valence-electron chi connectivity index (χ4n) is 6.73. The van der Waals surface area contributed by atoms with Crippen molar-refractivity contribution in [1.82, 2.24) is 0 Å². The van der Waals surface area contributed by atoms with Crippen molar-refractivity contribution in [2.24, 2.45) is 0 Å². The van der Waals surface area contributed by atoms with Crippen LogP contribution < -0.4 is 0 Å². The van der Waals surface area contributed by atoms with E-state index in [0.717, 1.165) is 0 Å². The van der Waals surface area contributed by atoms with Crippen LogP contribution >= 0.6 is 11.3 Å². The molecular weight excluding hydrogens is 549 g/mol. The van der Waals surface area contributed by atoms with E-state index >= 15 is 0 Å². The first-order valence-electron chi connectivity index (χ1n) is 15.1. The van der Waals surface area contributed by atoms with Crippen molar-refractivity contribution >= 4 is 65.4 Å². The normalized spacial score (nSPS) is 12.0. The second-order valence-electron chi connectivity index (χ2n) is 11.3. The Balaban J connectivity index is 1.22. The third-order valence-electron chi connectivity index (χ3n) is 8.82. The number of rotatable bonds is 5. The Bertz CT molecular complexity index is 2380. The average molecular weight is 579 g/mol. The Labute approximate surface area is 261 Å². The lowest BCUT2D eigenvalue weighted by Gasteiger charge is -2.13. The molecule has 1 heterocycles. The molecule has 208 valence electrons. The maximum Gasteiger partial charge on any atom is 0.0430 e. The summed E-state index contributed by atoms with van der Waals surface area (Å²) in [5, 5.41) is 9.07. The zero-order valence-electron chi connectivity index (χ0n) is 24.5. The van der Waals surface area contributed by atoms with Crippen LogP contribution in [0.5, 0.6) is 0 Å². The molecule has 0 aliphatic heterocycles. The molecule has 0 aliphatic rings. The zero-order valence-corrected chi connectivity index (χ0v) is 25.4. The topological polar surface area (TPSA) is 0 Å². The molecule has 1 heteroatoms. The smallest absolute Gasteiger partial charge is 0.0430 e. The number of benzene rings is 7. The van der Waals surface area contributed by atoms with E-state index in [2.05, 4.69) is 159 Å². The summed E-state index contributed by atoms with van der Waals surface area (Å²) in [5.41, 5.74) is 8.54. The average Bonchev–Trinajstić information content (AvgIpc) is 3.47. The molecule has 0 atom stereocenters. The van der Waals surface area contributed by atoms with E-state index < -0.39 is 0 Å². The van der Waals surface area contributed by atoms with Crippen LogP contribution in [0.15, 0.2) is 152 Å². The number of thiophene rings is 1. The number of hydrogen-bond acceptors (Lipinski definition) is 1. The van der Waals surface area contributed by atoms with Gasteiger partial charge in [-0.1, -0.05) is 134 Å². The van der Waals surface area contributed by atoms with Crippen molar-refractivity contribution in [3.63, 3.8) is 0 Å². The van der Waals surface area contributed by atoms with Gasteiger partial charge in [-0.05, 0) is 96.9 Å². The van der Waals surface area contributed by atoms with Crippen LogP contribution in [0.25, 0.3) is 76.3 Å². The highest BCUT2D eigenvalue weighted by Gasteiger charge is 2.15. The third-order valence-corrected chi connectivity index (χ3v) is 10.0. The second-order valence-corrected chi connectivity index (χ2v) is 12.3. The van der Waals surface area contributed by atoms with Crippen LogP contribution in [0, 0.1) is 0 Å². The fraction of sp³-hybridized carbons (Fsp3) is 0.0233. The maximum atomic E-state index is 4.16. The number of allylic oxidation sites excluding steroid dienone is 1. The molecule has 0 radical (unpaired) electrons. The molecule has 0 bridgehead atoms. The summed E-state index contributed by atoms with van der Waals surface area (Å²) >= 11 is 1.84. The van der Waals surface area contributed by atoms with Crippen molar-refractivity contribution in [3.05, 3.63) is 168 Å². The first-order chi connectivity index (χ1) is 21.7. The Morgan fingerprint density at radius 1 is 0.500 bits per heavy atom. The summed E-state index contributed by atoms with van der Waals surface area (Å²) in [4.78, 5) is 1.27. The quantitative estimate of drug-likeness (QED) is 0.178. The Hall–Kier alpha value is -5.24. The van der Waals surface area contributed by atoms with Gasteiger partial charge in [0.15, 0.2) is 0 Å². The van der Waals surface area contributed by atoms with Gasteiger partial charge < -0.3 is 0 Å². The Morgan fingerprint density at radius 3 is 1.66 bits per heavy atom. The van der Waals surface area contributed by atoms with E-state index in [0.29, 0.717) is 0 Å². The third kappa shape index (κ3) is 4.28. The standard InChI is InChI=1S/C43H30S/c1-3-33(43-34(4-2)40-21-9-10-22-42(40)44-43)32-16-12-15-30(26-32)28-13-11-14-29(25-28)31-23-24-39-37-19-6-5-17-35(37)36-18-7-8-20-38(36)41(39)27-31/h3-27H,2H2,1H3/b33-3-. The van der Waals surface area contributed by atoms with Gasteiger partial charge in [0.1, 0.15) is 0 Å². The van der Waals surface area contributed by atoms with Crippen LogP contribution in [0.2, 0.25) is 0 Å². The number of hydrogen-bond donors (Lipinski definition) is 0. The van der Waals surface area contributed by atoms with Gasteiger partial charge >= 0.3 is 0 Å². The van der Waals surface area contributed by atoms with Crippen LogP contribution in [-0.4, -0.2) is 0 Å². The minimum Gasteiger partial charge on any atom is -0.135 e. The minimum atomic E-state index is 1.21. The largest absolute Gasteiger partial charge is 0.135 e. The molecule has 0 aliphatic carbocycles. The molecule has 0 amide bonds. The summed E-state index contributed by atoms with van der Waals surface area (Å²) in [6.45, 7) is 6.29. The molecule has 0 saturated carbocycles. The van der Waals surface area contributed by atoms with E-state index in [-0.39, 0.29) is 0 Å². The van der Waals surface area contributed by atoms with E-state index in [1.54, 1.807) is 0 Å². The van der Waals surface area contributed by atoms with E-state index in [1.165, 1.54) is 86.2 Å². The Kier molecular flexibility index (Phi) is 6.47. The van der Waals surface area contributed by atoms with Crippen molar-refractivity contribution in [1.29, 1.82) is 0 Å². The summed E-state index contributed by atoms with van der Waals surface area (Å²) in [5.74, 6) is 0. The zero-order chi connectivity index (χ0) is 29.6. The molecule has 0 N–H and O–H groups in total. The highest BCUT2D eigenvalue weighted by molar-refractivity contribution is 7.20. The predicted octanol–water partition coefficient (Wildman–Crippen LogP) is 12.8. The van der Waals surface area contributed by atoms with Crippen LogP contribution in [-0.2, 0) is 0 Å². The summed E-state index contributed by atoms with van der Waals surface area (Å²) in [6, 6.07) is 51.0. The maximum absolute atomic E-state index is 4.16. The SMILES string of the molecule is C=Cc1c(/C(=C\C)c2cccc(-c3cccc(-c4ccc5c6ccccc6c6ccccc6c5c4)c3)c2)sc2ccccc12. The van der Waals surface area contributed by atoms with Gasteiger partial charge in [-0.2, -0.15) is 0 Å². The van der Waals surface area contributed by atoms with Gasteiger partial charge in [0.05, 0.1) is 0 Å².